The van der Waals surface area contributed by atoms with Gasteiger partial charge in [0.25, 0.3) is 0 Å². The zero-order valence-corrected chi connectivity index (χ0v) is 18.1. The fourth-order valence-corrected chi connectivity index (χ4v) is 2.85. The first-order valence-corrected chi connectivity index (χ1v) is 9.55. The number of guanidine groups is 1. The van der Waals surface area contributed by atoms with Gasteiger partial charge in [0.15, 0.2) is 5.96 Å². The van der Waals surface area contributed by atoms with E-state index < -0.39 is 0 Å². The smallest absolute Gasteiger partial charge is 0.191 e. The number of aromatic nitrogens is 1. The van der Waals surface area contributed by atoms with E-state index in [0.717, 1.165) is 37.8 Å². The molecular formula is C19H33IN4O2. The Kier molecular flexibility index (Phi) is 13.3. The maximum absolute atomic E-state index is 5.94. The highest BCUT2D eigenvalue weighted by atomic mass is 127. The lowest BCUT2D eigenvalue weighted by Crippen LogP contribution is -2.39. The Bertz CT molecular complexity index is 482. The zero-order valence-electron chi connectivity index (χ0n) is 15.8. The van der Waals surface area contributed by atoms with E-state index >= 15 is 0 Å². The maximum atomic E-state index is 5.94. The number of ether oxygens (including phenoxy) is 2. The number of hydrogen-bond acceptors (Lipinski definition) is 4. The van der Waals surface area contributed by atoms with Crippen molar-refractivity contribution in [2.45, 2.75) is 51.6 Å². The van der Waals surface area contributed by atoms with Gasteiger partial charge in [-0.05, 0) is 38.3 Å². The predicted octanol–water partition coefficient (Wildman–Crippen LogP) is 3.37. The summed E-state index contributed by atoms with van der Waals surface area (Å²) in [6.07, 6.45) is 11.3. The van der Waals surface area contributed by atoms with Gasteiger partial charge in [-0.2, -0.15) is 0 Å². The van der Waals surface area contributed by atoms with Crippen molar-refractivity contribution in [1.82, 2.24) is 15.6 Å². The lowest BCUT2D eigenvalue weighted by molar-refractivity contribution is 0.0281. The normalized spacial score (nSPS) is 15.2. The molecule has 26 heavy (non-hydrogen) atoms. The molecule has 6 nitrogen and oxygen atoms in total. The Balaban J connectivity index is 0.00000338. The summed E-state index contributed by atoms with van der Waals surface area (Å²) in [7, 11) is 0. The van der Waals surface area contributed by atoms with Crippen molar-refractivity contribution in [2.24, 2.45) is 4.99 Å². The van der Waals surface area contributed by atoms with Crippen molar-refractivity contribution in [3.63, 3.8) is 0 Å². The highest BCUT2D eigenvalue weighted by Crippen LogP contribution is 2.20. The van der Waals surface area contributed by atoms with Gasteiger partial charge >= 0.3 is 0 Å². The SMILES string of the molecule is CCNC(=NCCCOC1CCCCC1)NCCOc1cccnc1.I. The molecule has 1 saturated carbocycles. The van der Waals surface area contributed by atoms with Crippen LogP contribution in [0.2, 0.25) is 0 Å². The minimum absolute atomic E-state index is 0. The van der Waals surface area contributed by atoms with Crippen molar-refractivity contribution in [3.05, 3.63) is 24.5 Å². The van der Waals surface area contributed by atoms with Gasteiger partial charge in [-0.1, -0.05) is 19.3 Å². The van der Waals surface area contributed by atoms with Gasteiger partial charge in [0.05, 0.1) is 18.8 Å². The van der Waals surface area contributed by atoms with Crippen LogP contribution in [-0.4, -0.2) is 49.9 Å². The molecule has 0 unspecified atom stereocenters. The number of halogens is 1. The lowest BCUT2D eigenvalue weighted by atomic mass is 9.98. The fourth-order valence-electron chi connectivity index (χ4n) is 2.85. The van der Waals surface area contributed by atoms with Crippen molar-refractivity contribution in [3.8, 4) is 5.75 Å². The molecule has 1 aliphatic rings. The third kappa shape index (κ3) is 10.2. The van der Waals surface area contributed by atoms with Gasteiger partial charge in [-0.3, -0.25) is 9.98 Å². The molecule has 0 aliphatic heterocycles. The van der Waals surface area contributed by atoms with E-state index in [-0.39, 0.29) is 24.0 Å². The minimum atomic E-state index is 0. The molecule has 1 aromatic rings. The van der Waals surface area contributed by atoms with E-state index in [4.69, 9.17) is 9.47 Å². The van der Waals surface area contributed by atoms with Crippen LogP contribution in [0.5, 0.6) is 5.75 Å². The van der Waals surface area contributed by atoms with Crippen LogP contribution in [0.4, 0.5) is 0 Å². The molecule has 7 heteroatoms. The Morgan fingerprint density at radius 3 is 2.81 bits per heavy atom. The molecule has 0 bridgehead atoms. The van der Waals surface area contributed by atoms with Gasteiger partial charge in [-0.15, -0.1) is 24.0 Å². The van der Waals surface area contributed by atoms with Crippen LogP contribution in [0.15, 0.2) is 29.5 Å². The summed E-state index contributed by atoms with van der Waals surface area (Å²) in [5.74, 6) is 1.61. The maximum Gasteiger partial charge on any atom is 0.191 e. The highest BCUT2D eigenvalue weighted by molar-refractivity contribution is 14.0. The van der Waals surface area contributed by atoms with Crippen LogP contribution < -0.4 is 15.4 Å². The topological polar surface area (TPSA) is 67.8 Å². The monoisotopic (exact) mass is 476 g/mol. The van der Waals surface area contributed by atoms with Crippen LogP contribution >= 0.6 is 24.0 Å². The van der Waals surface area contributed by atoms with Crippen molar-refractivity contribution in [1.29, 1.82) is 0 Å². The first-order chi connectivity index (χ1) is 12.4. The predicted molar refractivity (Wildman–Crippen MR) is 117 cm³/mol. The zero-order chi connectivity index (χ0) is 17.6. The number of hydrogen-bond donors (Lipinski definition) is 2. The van der Waals surface area contributed by atoms with Crippen molar-refractivity contribution in [2.75, 3.05) is 32.8 Å². The first kappa shape index (κ1) is 23.0. The molecule has 0 radical (unpaired) electrons. The third-order valence-corrected chi connectivity index (χ3v) is 4.12. The minimum Gasteiger partial charge on any atom is -0.490 e. The number of rotatable bonds is 10. The Labute approximate surface area is 174 Å². The molecule has 1 heterocycles. The fraction of sp³-hybridized carbons (Fsp3) is 0.684. The lowest BCUT2D eigenvalue weighted by Gasteiger charge is -2.21. The Morgan fingerprint density at radius 1 is 1.23 bits per heavy atom. The molecule has 2 rings (SSSR count). The van der Waals surface area contributed by atoms with E-state index in [1.165, 1.54) is 32.1 Å². The van der Waals surface area contributed by atoms with Crippen LogP contribution in [0.25, 0.3) is 0 Å². The summed E-state index contributed by atoms with van der Waals surface area (Å²) in [5.41, 5.74) is 0. The molecule has 0 aromatic carbocycles. The number of nitrogens with zero attached hydrogens (tertiary/aromatic N) is 2. The molecule has 0 atom stereocenters. The van der Waals surface area contributed by atoms with Gasteiger partial charge in [0, 0.05) is 25.9 Å². The molecule has 0 spiro atoms. The summed E-state index contributed by atoms with van der Waals surface area (Å²) in [6, 6.07) is 3.77. The average Bonchev–Trinajstić information content (AvgIpc) is 2.66. The second-order valence-corrected chi connectivity index (χ2v) is 6.21. The van der Waals surface area contributed by atoms with E-state index in [9.17, 15) is 0 Å². The van der Waals surface area contributed by atoms with Crippen molar-refractivity contribution < 1.29 is 9.47 Å². The average molecular weight is 476 g/mol. The van der Waals surface area contributed by atoms with Crippen LogP contribution in [0.3, 0.4) is 0 Å². The standard InChI is InChI=1S/C19H32N4O2.HI/c1-2-21-19(23-13-15-25-18-10-6-11-20-16-18)22-12-7-14-24-17-8-4-3-5-9-17;/h6,10-11,16-17H,2-5,7-9,12-15H2,1H3,(H2,21,22,23);1H. The summed E-state index contributed by atoms with van der Waals surface area (Å²) >= 11 is 0. The molecule has 1 aromatic heterocycles. The van der Waals surface area contributed by atoms with Crippen LogP contribution in [0.1, 0.15) is 45.4 Å². The van der Waals surface area contributed by atoms with Crippen molar-refractivity contribution >= 4 is 29.9 Å². The number of pyridine rings is 1. The number of nitrogens with one attached hydrogen (secondary N) is 2. The molecule has 2 N–H and O–H groups in total. The molecule has 1 aliphatic carbocycles. The summed E-state index contributed by atoms with van der Waals surface area (Å²) < 4.78 is 11.6. The Morgan fingerprint density at radius 2 is 2.08 bits per heavy atom. The van der Waals surface area contributed by atoms with E-state index in [0.29, 0.717) is 19.3 Å². The molecule has 1 fully saturated rings. The van der Waals surface area contributed by atoms with Crippen LogP contribution in [0, 0.1) is 0 Å². The van der Waals surface area contributed by atoms with E-state index in [2.05, 4.69) is 27.5 Å². The second-order valence-electron chi connectivity index (χ2n) is 6.21. The van der Waals surface area contributed by atoms with Gasteiger partial charge < -0.3 is 20.1 Å². The van der Waals surface area contributed by atoms with E-state index in [1.807, 2.05) is 12.1 Å². The molecule has 148 valence electrons. The summed E-state index contributed by atoms with van der Waals surface area (Å²) in [6.45, 7) is 5.74. The van der Waals surface area contributed by atoms with E-state index in [1.54, 1.807) is 12.4 Å². The summed E-state index contributed by atoms with van der Waals surface area (Å²) in [5, 5.41) is 6.54. The Hall–Kier alpha value is -1.09. The van der Waals surface area contributed by atoms with Crippen LogP contribution in [-0.2, 0) is 4.74 Å². The molecular weight excluding hydrogens is 443 g/mol. The first-order valence-electron chi connectivity index (χ1n) is 9.55. The van der Waals surface area contributed by atoms with Gasteiger partial charge in [0.2, 0.25) is 0 Å². The van der Waals surface area contributed by atoms with Gasteiger partial charge in [0.1, 0.15) is 12.4 Å². The number of aliphatic imine (C=N–C) groups is 1. The third-order valence-electron chi connectivity index (χ3n) is 4.12. The van der Waals surface area contributed by atoms with Gasteiger partial charge in [-0.25, -0.2) is 0 Å². The highest BCUT2D eigenvalue weighted by Gasteiger charge is 2.12. The second kappa shape index (κ2) is 15.0. The quantitative estimate of drug-likeness (QED) is 0.235. The molecule has 0 saturated heterocycles. The summed E-state index contributed by atoms with van der Waals surface area (Å²) in [4.78, 5) is 8.61. The molecule has 0 amide bonds. The largest absolute Gasteiger partial charge is 0.490 e.